The molecule has 4 nitrogen and oxygen atoms in total. The highest BCUT2D eigenvalue weighted by Crippen LogP contribution is 2.48. The Labute approximate surface area is 139 Å². The molecule has 23 heavy (non-hydrogen) atoms. The van der Waals surface area contributed by atoms with Crippen LogP contribution < -0.4 is 5.73 Å². The van der Waals surface area contributed by atoms with Crippen LogP contribution in [0.4, 0.5) is 0 Å². The van der Waals surface area contributed by atoms with Gasteiger partial charge in [0.05, 0.1) is 0 Å². The Morgan fingerprint density at radius 1 is 1.04 bits per heavy atom. The Bertz CT molecular complexity index is 519. The summed E-state index contributed by atoms with van der Waals surface area (Å²) in [6.07, 6.45) is 4.03. The normalized spacial score (nSPS) is 18.5. The van der Waals surface area contributed by atoms with Crippen LogP contribution in [0.3, 0.4) is 0 Å². The zero-order chi connectivity index (χ0) is 17.8. The third-order valence-electron chi connectivity index (χ3n) is 5.68. The van der Waals surface area contributed by atoms with Crippen molar-refractivity contribution in [3.63, 3.8) is 0 Å². The summed E-state index contributed by atoms with van der Waals surface area (Å²) in [5, 5.41) is 8.72. The van der Waals surface area contributed by atoms with E-state index in [1.807, 2.05) is 0 Å². The van der Waals surface area contributed by atoms with Gasteiger partial charge in [0.25, 0.3) is 0 Å². The third kappa shape index (κ3) is 4.54. The van der Waals surface area contributed by atoms with Crippen LogP contribution in [0.25, 0.3) is 0 Å². The molecule has 0 aromatic heterocycles. The zero-order valence-electron chi connectivity index (χ0n) is 15.2. The highest BCUT2D eigenvalue weighted by atomic mass is 16.4. The van der Waals surface area contributed by atoms with E-state index in [-0.39, 0.29) is 11.2 Å². The van der Waals surface area contributed by atoms with Crippen molar-refractivity contribution in [2.24, 2.45) is 11.1 Å². The summed E-state index contributed by atoms with van der Waals surface area (Å²) in [5.41, 5.74) is 10.6. The van der Waals surface area contributed by atoms with Gasteiger partial charge < -0.3 is 10.8 Å². The molecule has 3 N–H and O–H groups in total. The first-order valence-corrected chi connectivity index (χ1v) is 8.47. The molecule has 0 aliphatic heterocycles. The number of rotatable bonds is 9. The van der Waals surface area contributed by atoms with E-state index >= 15 is 0 Å². The van der Waals surface area contributed by atoms with Crippen molar-refractivity contribution in [1.82, 2.24) is 0 Å². The lowest BCUT2D eigenvalue weighted by Gasteiger charge is -2.28. The van der Waals surface area contributed by atoms with Crippen LogP contribution in [0, 0.1) is 5.41 Å². The second kappa shape index (κ2) is 7.91. The number of allylic oxidation sites excluding steroid dienone is 4. The lowest BCUT2D eigenvalue weighted by Crippen LogP contribution is -2.29. The Morgan fingerprint density at radius 2 is 1.57 bits per heavy atom. The number of hydrogen-bond donors (Lipinski definition) is 2. The summed E-state index contributed by atoms with van der Waals surface area (Å²) >= 11 is 0. The molecule has 0 aromatic rings. The number of carboxylic acids is 1. The molecule has 0 spiro atoms. The van der Waals surface area contributed by atoms with Crippen molar-refractivity contribution in [2.45, 2.75) is 79.2 Å². The molecule has 0 radical (unpaired) electrons. The minimum atomic E-state index is -0.953. The summed E-state index contributed by atoms with van der Waals surface area (Å²) < 4.78 is 0. The highest BCUT2D eigenvalue weighted by molar-refractivity contribution is 5.80. The molecule has 130 valence electrons. The standard InChI is InChI=1S/C19H31NO3/c1-12-13(2)15(4)19(5,14(12)3)11-16(21)9-7-6-8-10-17(20)18(22)23/h17H,6-11,20H2,1-5H3,(H,22,23)/t17-/m0/s1. The topological polar surface area (TPSA) is 80.4 Å². The van der Waals surface area contributed by atoms with Gasteiger partial charge in [0.15, 0.2) is 0 Å². The fraction of sp³-hybridized carbons (Fsp3) is 0.684. The number of ketones is 1. The maximum absolute atomic E-state index is 12.3. The number of unbranched alkanes of at least 4 members (excludes halogenated alkanes) is 2. The van der Waals surface area contributed by atoms with Gasteiger partial charge in [-0.05, 0) is 51.7 Å². The van der Waals surface area contributed by atoms with Crippen molar-refractivity contribution in [1.29, 1.82) is 0 Å². The molecular weight excluding hydrogens is 290 g/mol. The van der Waals surface area contributed by atoms with Crippen LogP contribution in [-0.4, -0.2) is 22.9 Å². The van der Waals surface area contributed by atoms with Gasteiger partial charge in [0, 0.05) is 18.3 Å². The van der Waals surface area contributed by atoms with Gasteiger partial charge in [-0.15, -0.1) is 0 Å². The maximum atomic E-state index is 12.3. The molecule has 1 rings (SSSR count). The Kier molecular flexibility index (Phi) is 6.75. The number of carboxylic acid groups (broad SMARTS) is 1. The van der Waals surface area contributed by atoms with Crippen LogP contribution in [0.2, 0.25) is 0 Å². The molecular formula is C19H31NO3. The van der Waals surface area contributed by atoms with Crippen LogP contribution >= 0.6 is 0 Å². The fourth-order valence-electron chi connectivity index (χ4n) is 3.41. The predicted molar refractivity (Wildman–Crippen MR) is 93.2 cm³/mol. The molecule has 1 aliphatic rings. The highest BCUT2D eigenvalue weighted by Gasteiger charge is 2.37. The summed E-state index contributed by atoms with van der Waals surface area (Å²) in [6, 6.07) is -0.783. The Balaban J connectivity index is 2.42. The van der Waals surface area contributed by atoms with Crippen molar-refractivity contribution in [3.05, 3.63) is 22.3 Å². The van der Waals surface area contributed by atoms with Crippen LogP contribution in [0.15, 0.2) is 22.3 Å². The molecule has 4 heteroatoms. The number of hydrogen-bond acceptors (Lipinski definition) is 3. The summed E-state index contributed by atoms with van der Waals surface area (Å²) in [7, 11) is 0. The van der Waals surface area contributed by atoms with Crippen molar-refractivity contribution in [3.8, 4) is 0 Å². The van der Waals surface area contributed by atoms with E-state index < -0.39 is 12.0 Å². The van der Waals surface area contributed by atoms with Crippen LogP contribution in [0.5, 0.6) is 0 Å². The summed E-state index contributed by atoms with van der Waals surface area (Å²) in [4.78, 5) is 23.0. The van der Waals surface area contributed by atoms with E-state index in [1.165, 1.54) is 22.3 Å². The van der Waals surface area contributed by atoms with E-state index in [2.05, 4.69) is 34.6 Å². The fourth-order valence-corrected chi connectivity index (χ4v) is 3.41. The van der Waals surface area contributed by atoms with Gasteiger partial charge in [-0.25, -0.2) is 0 Å². The molecule has 0 saturated heterocycles. The third-order valence-corrected chi connectivity index (χ3v) is 5.68. The SMILES string of the molecule is CC1=C(C)C(C)(CC(=O)CCCCC[C@H](N)C(=O)O)C(C)=C1C. The van der Waals surface area contributed by atoms with E-state index in [0.29, 0.717) is 19.3 Å². The number of nitrogens with two attached hydrogens (primary N) is 1. The predicted octanol–water partition coefficient (Wildman–Crippen LogP) is 4.00. The second-order valence-corrected chi connectivity index (χ2v) is 7.09. The summed E-state index contributed by atoms with van der Waals surface area (Å²) in [5.74, 6) is -0.665. The minimum Gasteiger partial charge on any atom is -0.480 e. The van der Waals surface area contributed by atoms with Gasteiger partial charge in [0.2, 0.25) is 0 Å². The van der Waals surface area contributed by atoms with E-state index in [4.69, 9.17) is 10.8 Å². The molecule has 1 aliphatic carbocycles. The van der Waals surface area contributed by atoms with E-state index in [1.54, 1.807) is 0 Å². The molecule has 0 amide bonds. The monoisotopic (exact) mass is 321 g/mol. The average Bonchev–Trinajstić information content (AvgIpc) is 2.62. The first-order chi connectivity index (χ1) is 10.6. The van der Waals surface area contributed by atoms with E-state index in [0.717, 1.165) is 19.3 Å². The van der Waals surface area contributed by atoms with Gasteiger partial charge in [-0.1, -0.05) is 30.9 Å². The zero-order valence-corrected chi connectivity index (χ0v) is 15.2. The van der Waals surface area contributed by atoms with Crippen molar-refractivity contribution in [2.75, 3.05) is 0 Å². The van der Waals surface area contributed by atoms with Crippen LogP contribution in [0.1, 0.15) is 73.1 Å². The molecule has 0 fully saturated rings. The second-order valence-electron chi connectivity index (χ2n) is 7.09. The maximum Gasteiger partial charge on any atom is 0.320 e. The largest absolute Gasteiger partial charge is 0.480 e. The Morgan fingerprint density at radius 3 is 2.04 bits per heavy atom. The van der Waals surface area contributed by atoms with Gasteiger partial charge in [0.1, 0.15) is 11.8 Å². The molecule has 0 heterocycles. The number of carbonyl (C=O) groups excluding carboxylic acids is 1. The van der Waals surface area contributed by atoms with Crippen molar-refractivity contribution >= 4 is 11.8 Å². The lowest BCUT2D eigenvalue weighted by atomic mass is 9.75. The van der Waals surface area contributed by atoms with Gasteiger partial charge in [-0.2, -0.15) is 0 Å². The first-order valence-electron chi connectivity index (χ1n) is 8.47. The van der Waals surface area contributed by atoms with Crippen LogP contribution in [-0.2, 0) is 9.59 Å². The lowest BCUT2D eigenvalue weighted by molar-refractivity contribution is -0.138. The number of aliphatic carboxylic acids is 1. The molecule has 0 aromatic carbocycles. The average molecular weight is 321 g/mol. The number of Topliss-reactive ketones (excluding diaryl/α,β-unsaturated/α-hetero) is 1. The summed E-state index contributed by atoms with van der Waals surface area (Å²) in [6.45, 7) is 10.7. The number of carbonyl (C=O) groups is 2. The van der Waals surface area contributed by atoms with Crippen molar-refractivity contribution < 1.29 is 14.7 Å². The first kappa shape index (κ1) is 19.6. The Hall–Kier alpha value is -1.42. The van der Waals surface area contributed by atoms with E-state index in [9.17, 15) is 9.59 Å². The molecule has 0 bridgehead atoms. The van der Waals surface area contributed by atoms with Gasteiger partial charge in [-0.3, -0.25) is 9.59 Å². The molecule has 0 unspecified atom stereocenters. The minimum absolute atomic E-state index is 0.128. The van der Waals surface area contributed by atoms with Gasteiger partial charge >= 0.3 is 5.97 Å². The smallest absolute Gasteiger partial charge is 0.320 e. The molecule has 0 saturated carbocycles. The molecule has 1 atom stereocenters. The quantitative estimate of drug-likeness (QED) is 0.629.